The molecule has 0 saturated heterocycles. The molecule has 0 fully saturated rings. The molecule has 4 aromatic heterocycles. The van der Waals surface area contributed by atoms with Crippen LogP contribution in [0.25, 0.3) is 33.4 Å². The zero-order chi connectivity index (χ0) is 72.5. The standard InChI is InChI=1S/C74H44F20N8/c1-73(2)39-21-17-35(99-39)45(49-53(75)61(83)69(91)62(84)54(49)76)31-13-9-27(95-31)43-25-5-6-26(8-7-25)44(28-10-14-32(96-28)46(36-18-22-40(73)100-36)50-55(77)63(85)70(92)64(86)56(50)78)30-12-16-34(98-30)48(52-59(81)67(89)72(94)68(90)60(52)82)38-20-24-42(102-38)74(3,4)41-23-19-37(101-41)47(33-15-11-29(43)97-33)51-57(79)65(87)71(93)66(88)58(51)80/h5-24,39-42,95-102H,1-4H3/b43-25?,44-26?,45-35+,46-36?,47-37?,48-38?. The first-order valence-electron chi connectivity index (χ1n) is 30.9. The van der Waals surface area contributed by atoms with Gasteiger partial charge < -0.3 is 41.2 Å². The largest absolute Gasteiger partial charge is 0.378 e. The molecule has 9 aromatic rings. The van der Waals surface area contributed by atoms with E-state index >= 15 is 70.2 Å². The second-order valence-electron chi connectivity index (χ2n) is 26.0. The Morgan fingerprint density at radius 3 is 0.549 bits per heavy atom. The Morgan fingerprint density at radius 1 is 0.216 bits per heavy atom. The Balaban J connectivity index is 1.07. The average molecular weight is 1430 g/mol. The molecule has 0 saturated carbocycles. The van der Waals surface area contributed by atoms with Gasteiger partial charge in [-0.2, -0.15) is 0 Å². The molecule has 5 aromatic carbocycles. The molecule has 102 heavy (non-hydrogen) atoms. The number of benzene rings is 5. The van der Waals surface area contributed by atoms with Gasteiger partial charge in [-0.1, -0.05) is 76.3 Å². The van der Waals surface area contributed by atoms with Crippen LogP contribution in [0.5, 0.6) is 0 Å². The molecule has 8 aliphatic heterocycles. The summed E-state index contributed by atoms with van der Waals surface area (Å²) in [6.07, 6.45) is 10.8. The van der Waals surface area contributed by atoms with Gasteiger partial charge in [0, 0.05) is 113 Å². The number of rotatable bonds is 4. The van der Waals surface area contributed by atoms with E-state index in [4.69, 9.17) is 0 Å². The maximum atomic E-state index is 16.6. The summed E-state index contributed by atoms with van der Waals surface area (Å²) in [4.78, 5) is 12.1. The Kier molecular flexibility index (Phi) is 15.4. The van der Waals surface area contributed by atoms with Gasteiger partial charge in [-0.05, 0) is 83.3 Å². The van der Waals surface area contributed by atoms with Gasteiger partial charge in [-0.3, -0.25) is 0 Å². The Hall–Kier alpha value is -11.3. The lowest BCUT2D eigenvalue weighted by molar-refractivity contribution is 0.253. The van der Waals surface area contributed by atoms with Gasteiger partial charge >= 0.3 is 0 Å². The van der Waals surface area contributed by atoms with Crippen molar-refractivity contribution >= 4 is 33.4 Å². The van der Waals surface area contributed by atoms with Crippen LogP contribution in [0.1, 0.15) is 95.5 Å². The first-order valence-corrected chi connectivity index (χ1v) is 30.9. The zero-order valence-corrected chi connectivity index (χ0v) is 52.4. The highest BCUT2D eigenvalue weighted by Gasteiger charge is 2.45. The molecule has 0 amide bonds. The Labute approximate surface area is 562 Å². The summed E-state index contributed by atoms with van der Waals surface area (Å²) in [6, 6.07) is 11.4. The molecular formula is C74H44F20N8. The number of nitrogens with one attached hydrogen (secondary N) is 8. The molecule has 520 valence electrons. The molecule has 4 atom stereocenters. The highest BCUT2D eigenvalue weighted by molar-refractivity contribution is 5.90. The molecule has 20 bridgehead atoms. The molecular weight excluding hydrogens is 1380 g/mol. The van der Waals surface area contributed by atoms with Gasteiger partial charge in [-0.25, -0.2) is 87.8 Å². The molecule has 17 rings (SSSR count). The van der Waals surface area contributed by atoms with Crippen LogP contribution < -0.4 is 31.7 Å². The second kappa shape index (κ2) is 23.7. The van der Waals surface area contributed by atoms with E-state index in [1.54, 1.807) is 27.7 Å². The molecule has 8 aliphatic rings. The van der Waals surface area contributed by atoms with E-state index in [0.717, 1.165) is 0 Å². The van der Waals surface area contributed by atoms with Crippen molar-refractivity contribution in [2.75, 3.05) is 0 Å². The highest BCUT2D eigenvalue weighted by Crippen LogP contribution is 2.46. The van der Waals surface area contributed by atoms with Crippen LogP contribution in [0.2, 0.25) is 0 Å². The normalized spacial score (nSPS) is 20.2. The smallest absolute Gasteiger partial charge is 0.200 e. The lowest BCUT2D eigenvalue weighted by Gasteiger charge is -2.37. The molecule has 0 radical (unpaired) electrons. The fraction of sp³-hybridized carbons (Fsp3) is 0.135. The van der Waals surface area contributed by atoms with Crippen LogP contribution in [-0.2, 0) is 0 Å². The van der Waals surface area contributed by atoms with Gasteiger partial charge in [0.1, 0.15) is 0 Å². The quantitative estimate of drug-likeness (QED) is 0.0510. The third-order valence-electron chi connectivity index (χ3n) is 19.5. The molecule has 8 nitrogen and oxygen atoms in total. The Bertz CT molecular complexity index is 4860. The van der Waals surface area contributed by atoms with Crippen molar-refractivity contribution in [3.63, 3.8) is 0 Å². The van der Waals surface area contributed by atoms with Gasteiger partial charge in [-0.15, -0.1) is 0 Å². The number of H-pyrrole nitrogens is 4. The SMILES string of the molecule is CC1(C)C2C=CC(=C(c3c(F)c(F)c(F)c(F)c3F)c3ccc([nH]3)C3=c4ccc(cc4)=C(c4ccc([nH]4)C(c4c(F)c(F)c(F)c(F)c4F)=C4C=CC1N4)c1ccc([nH]1)/C(c1c(F)c(F)c(F)c(F)c1F)=C1/C=CC(N1)C(C)(C)C1C=CC(=C(c4c(F)c(F)c(F)c(F)c4F)c4ccc3[nH]4)N1)N2. The van der Waals surface area contributed by atoms with Gasteiger partial charge in [0.15, 0.2) is 93.1 Å². The first kappa shape index (κ1) is 66.6. The fourth-order valence-corrected chi connectivity index (χ4v) is 14.0. The summed E-state index contributed by atoms with van der Waals surface area (Å²) in [6.45, 7) is 6.38. The molecule has 28 heteroatoms. The lowest BCUT2D eigenvalue weighted by Crippen LogP contribution is -2.48. The molecule has 4 unspecified atom stereocenters. The molecule has 8 N–H and O–H groups in total. The summed E-state index contributed by atoms with van der Waals surface area (Å²) in [5, 5.41) is 12.5. The van der Waals surface area contributed by atoms with Crippen molar-refractivity contribution in [1.29, 1.82) is 0 Å². The minimum Gasteiger partial charge on any atom is -0.378 e. The predicted molar refractivity (Wildman–Crippen MR) is 333 cm³/mol. The minimum absolute atomic E-state index is 0.0333. The maximum absolute atomic E-state index is 16.6. The maximum Gasteiger partial charge on any atom is 0.200 e. The molecule has 0 spiro atoms. The van der Waals surface area contributed by atoms with E-state index < -0.39 is 196 Å². The number of hydrogen-bond donors (Lipinski definition) is 8. The van der Waals surface area contributed by atoms with Crippen molar-refractivity contribution < 1.29 is 87.8 Å². The Morgan fingerprint density at radius 2 is 0.373 bits per heavy atom. The van der Waals surface area contributed by atoms with Crippen molar-refractivity contribution in [1.82, 2.24) is 41.2 Å². The monoisotopic (exact) mass is 1420 g/mol. The van der Waals surface area contributed by atoms with Crippen molar-refractivity contribution in [3.05, 3.63) is 339 Å². The van der Waals surface area contributed by atoms with Crippen LogP contribution >= 0.6 is 0 Å². The highest BCUT2D eigenvalue weighted by atomic mass is 19.2. The summed E-state index contributed by atoms with van der Waals surface area (Å²) in [7, 11) is 0. The van der Waals surface area contributed by atoms with E-state index in [-0.39, 0.29) is 89.9 Å². The van der Waals surface area contributed by atoms with E-state index in [0.29, 0.717) is 0 Å². The zero-order valence-electron chi connectivity index (χ0n) is 52.4. The molecule has 0 aliphatic carbocycles. The van der Waals surface area contributed by atoms with Crippen LogP contribution in [0.4, 0.5) is 87.8 Å². The van der Waals surface area contributed by atoms with E-state index in [2.05, 4.69) is 41.2 Å². The van der Waals surface area contributed by atoms with Crippen LogP contribution in [-0.4, -0.2) is 44.1 Å². The van der Waals surface area contributed by atoms with Crippen molar-refractivity contribution in [2.24, 2.45) is 10.8 Å². The predicted octanol–water partition coefficient (Wildman–Crippen LogP) is 15.5. The third kappa shape index (κ3) is 9.88. The van der Waals surface area contributed by atoms with Crippen molar-refractivity contribution in [2.45, 2.75) is 51.9 Å². The lowest BCUT2D eigenvalue weighted by atomic mass is 9.78. The minimum atomic E-state index is -2.51. The second-order valence-corrected chi connectivity index (χ2v) is 26.0. The number of aromatic amines is 4. The van der Waals surface area contributed by atoms with E-state index in [1.165, 1.54) is 121 Å². The first-order chi connectivity index (χ1) is 48.4. The van der Waals surface area contributed by atoms with E-state index in [1.807, 2.05) is 0 Å². The summed E-state index contributed by atoms with van der Waals surface area (Å²) in [5.74, 6) is -47.3. The van der Waals surface area contributed by atoms with Crippen LogP contribution in [0, 0.1) is 127 Å². The average Bonchev–Trinajstić information content (AvgIpc) is 1.51. The van der Waals surface area contributed by atoms with Crippen molar-refractivity contribution in [3.8, 4) is 0 Å². The van der Waals surface area contributed by atoms with Crippen LogP contribution in [0.3, 0.4) is 0 Å². The number of hydrogen-bond acceptors (Lipinski definition) is 4. The summed E-state index contributed by atoms with van der Waals surface area (Å²) < 4.78 is 318. The summed E-state index contributed by atoms with van der Waals surface area (Å²) in [5.41, 5.74) is -14.3. The number of allylic oxidation sites excluding steroid dienone is 4. The van der Waals surface area contributed by atoms with Crippen LogP contribution in [0.15, 0.2) is 144 Å². The summed E-state index contributed by atoms with van der Waals surface area (Å²) >= 11 is 0. The van der Waals surface area contributed by atoms with Gasteiger partial charge in [0.25, 0.3) is 0 Å². The number of halogens is 20. The van der Waals surface area contributed by atoms with Gasteiger partial charge in [0.2, 0.25) is 23.3 Å². The topological polar surface area (TPSA) is 111 Å². The molecule has 12 heterocycles. The van der Waals surface area contributed by atoms with Gasteiger partial charge in [0.05, 0.1) is 46.4 Å². The van der Waals surface area contributed by atoms with E-state index in [9.17, 15) is 17.6 Å². The fourth-order valence-electron chi connectivity index (χ4n) is 14.0. The third-order valence-corrected chi connectivity index (χ3v) is 19.5. The number of aromatic nitrogens is 4.